The third kappa shape index (κ3) is 4.85. The number of hydrogen-bond donors (Lipinski definition) is 0. The van der Waals surface area contributed by atoms with Gasteiger partial charge in [-0.05, 0) is 72.8 Å². The van der Waals surface area contributed by atoms with Crippen molar-refractivity contribution in [3.63, 3.8) is 0 Å². The molecule has 13 aromatic rings. The molecule has 0 unspecified atom stereocenters. The molecule has 0 saturated carbocycles. The summed E-state index contributed by atoms with van der Waals surface area (Å²) in [5.74, 6) is 0. The molecule has 9 aromatic carbocycles. The Morgan fingerprint density at radius 3 is 1.33 bits per heavy atom. The van der Waals surface area contributed by atoms with Crippen molar-refractivity contribution in [2.75, 3.05) is 7.05 Å². The minimum Gasteiger partial charge on any atom is -0.309 e. The van der Waals surface area contributed by atoms with Crippen molar-refractivity contribution in [1.82, 2.24) is 18.3 Å². The number of aromatic nitrogens is 4. The first-order valence-electron chi connectivity index (χ1n) is 21.3. The highest BCUT2D eigenvalue weighted by Crippen LogP contribution is 2.47. The number of hydrogen-bond acceptors (Lipinski definition) is 2. The highest BCUT2D eigenvalue weighted by atomic mass is 15.1. The summed E-state index contributed by atoms with van der Waals surface area (Å²) in [7, 11) is 1.81. The van der Waals surface area contributed by atoms with Crippen molar-refractivity contribution < 1.29 is 0 Å². The average Bonchev–Trinajstić information content (AvgIpc) is 4.07. The van der Waals surface area contributed by atoms with Gasteiger partial charge in [0.25, 0.3) is 0 Å². The number of para-hydroxylation sites is 6. The SMILES string of the molecule is C/N=C/c1cc(C#N)cc(-n2c3ccccc3c3ccc4c(c5ccccc5n4-c4ccccc4)c32)c1-n1c2ccccc2c2ccc3c(c4ccccc4n3-c3ccccc3)c21. The molecule has 4 heterocycles. The maximum atomic E-state index is 10.8. The maximum Gasteiger partial charge on any atom is 0.0992 e. The van der Waals surface area contributed by atoms with Crippen LogP contribution in [0.5, 0.6) is 0 Å². The summed E-state index contributed by atoms with van der Waals surface area (Å²) in [4.78, 5) is 4.68. The topological polar surface area (TPSA) is 55.9 Å². The first-order chi connectivity index (χ1) is 31.2. The van der Waals surface area contributed by atoms with E-state index in [2.05, 4.69) is 217 Å². The van der Waals surface area contributed by atoms with E-state index in [1.807, 2.05) is 19.3 Å². The Bertz CT molecular complexity index is 4100. The second kappa shape index (κ2) is 13.4. The fourth-order valence-corrected chi connectivity index (χ4v) is 10.6. The molecule has 0 N–H and O–H groups in total. The van der Waals surface area contributed by atoms with Crippen LogP contribution in [0.2, 0.25) is 0 Å². The minimum absolute atomic E-state index is 0.556. The highest BCUT2D eigenvalue weighted by molar-refractivity contribution is 6.28. The molecule has 0 atom stereocenters. The summed E-state index contributed by atoms with van der Waals surface area (Å²) >= 11 is 0. The number of fused-ring (bicyclic) bond motifs is 14. The fraction of sp³-hybridized carbons (Fsp3) is 0.0175. The Labute approximate surface area is 361 Å². The summed E-state index contributed by atoms with van der Waals surface area (Å²) in [6.45, 7) is 0. The molecule has 294 valence electrons. The van der Waals surface area contributed by atoms with Crippen LogP contribution >= 0.6 is 0 Å². The van der Waals surface area contributed by atoms with E-state index in [9.17, 15) is 5.26 Å². The van der Waals surface area contributed by atoms with Gasteiger partial charge in [-0.3, -0.25) is 4.99 Å². The van der Waals surface area contributed by atoms with Gasteiger partial charge in [-0.1, -0.05) is 121 Å². The predicted molar refractivity (Wildman–Crippen MR) is 262 cm³/mol. The lowest BCUT2D eigenvalue weighted by Crippen LogP contribution is -2.08. The normalized spacial score (nSPS) is 12.1. The van der Waals surface area contributed by atoms with E-state index >= 15 is 0 Å². The lowest BCUT2D eigenvalue weighted by atomic mass is 10.0. The second-order valence-electron chi connectivity index (χ2n) is 16.2. The second-order valence-corrected chi connectivity index (χ2v) is 16.2. The van der Waals surface area contributed by atoms with Gasteiger partial charge < -0.3 is 18.3 Å². The molecule has 13 rings (SSSR count). The van der Waals surface area contributed by atoms with Crippen LogP contribution in [0.25, 0.3) is 110 Å². The van der Waals surface area contributed by atoms with Gasteiger partial charge in [-0.2, -0.15) is 5.26 Å². The maximum absolute atomic E-state index is 10.8. The molecule has 0 aliphatic carbocycles. The Morgan fingerprint density at radius 1 is 0.413 bits per heavy atom. The van der Waals surface area contributed by atoms with Gasteiger partial charge in [0.2, 0.25) is 0 Å². The van der Waals surface area contributed by atoms with E-state index in [1.54, 1.807) is 0 Å². The van der Waals surface area contributed by atoms with Gasteiger partial charge in [-0.15, -0.1) is 0 Å². The molecule has 0 radical (unpaired) electrons. The van der Waals surface area contributed by atoms with E-state index in [1.165, 1.54) is 5.39 Å². The highest BCUT2D eigenvalue weighted by Gasteiger charge is 2.27. The summed E-state index contributed by atoms with van der Waals surface area (Å²) in [6, 6.07) is 71.8. The molecule has 0 spiro atoms. The van der Waals surface area contributed by atoms with Crippen LogP contribution in [-0.4, -0.2) is 31.5 Å². The first-order valence-corrected chi connectivity index (χ1v) is 21.3. The molecule has 0 fully saturated rings. The van der Waals surface area contributed by atoms with Crippen molar-refractivity contribution in [2.24, 2.45) is 4.99 Å². The monoisotopic (exact) mass is 804 g/mol. The molecule has 6 heteroatoms. The van der Waals surface area contributed by atoms with Gasteiger partial charge in [0.1, 0.15) is 0 Å². The number of nitriles is 1. The van der Waals surface area contributed by atoms with Gasteiger partial charge in [0, 0.05) is 73.3 Å². The third-order valence-corrected chi connectivity index (χ3v) is 12.9. The van der Waals surface area contributed by atoms with E-state index in [0.29, 0.717) is 5.56 Å². The minimum atomic E-state index is 0.556. The molecule has 0 saturated heterocycles. The van der Waals surface area contributed by atoms with Crippen LogP contribution < -0.4 is 0 Å². The Hall–Kier alpha value is -8.66. The van der Waals surface area contributed by atoms with Crippen LogP contribution in [-0.2, 0) is 0 Å². The molecule has 6 nitrogen and oxygen atoms in total. The zero-order valence-electron chi connectivity index (χ0n) is 34.2. The quantitative estimate of drug-likeness (QED) is 0.160. The first kappa shape index (κ1) is 35.1. The van der Waals surface area contributed by atoms with Crippen molar-refractivity contribution >= 4 is 93.4 Å². The van der Waals surface area contributed by atoms with Gasteiger partial charge in [0.05, 0.1) is 67.1 Å². The van der Waals surface area contributed by atoms with Crippen molar-refractivity contribution in [3.8, 4) is 28.8 Å². The van der Waals surface area contributed by atoms with Crippen molar-refractivity contribution in [1.29, 1.82) is 5.26 Å². The van der Waals surface area contributed by atoms with Crippen LogP contribution in [0.1, 0.15) is 11.1 Å². The van der Waals surface area contributed by atoms with Crippen LogP contribution in [0.15, 0.2) is 199 Å². The standard InChI is InChI=1S/C57H36N6/c1-59-35-37-32-36(34-58)33-52(62-46-24-12-8-20-40(46)42-28-30-50-53(56(42)62)44-22-10-14-26-48(44)60(50)38-16-4-2-5-17-38)55(37)63-47-25-13-9-21-41(47)43-29-31-51-54(57(43)63)45-23-11-15-27-49(45)61(51)39-18-6-3-7-19-39/h2-33,35H,1H3/b59-35+. The predicted octanol–water partition coefficient (Wildman–Crippen LogP) is 14.0. The van der Waals surface area contributed by atoms with E-state index < -0.39 is 0 Å². The van der Waals surface area contributed by atoms with Crippen LogP contribution in [0.3, 0.4) is 0 Å². The van der Waals surface area contributed by atoms with E-state index in [4.69, 9.17) is 0 Å². The Kier molecular flexibility index (Phi) is 7.48. The van der Waals surface area contributed by atoms with Crippen molar-refractivity contribution in [2.45, 2.75) is 0 Å². The average molecular weight is 805 g/mol. The molecular weight excluding hydrogens is 769 g/mol. The molecular formula is C57H36N6. The molecule has 63 heavy (non-hydrogen) atoms. The lowest BCUT2D eigenvalue weighted by Gasteiger charge is -2.20. The zero-order chi connectivity index (χ0) is 41.8. The number of nitrogens with zero attached hydrogens (tertiary/aromatic N) is 6. The van der Waals surface area contributed by atoms with Gasteiger partial charge in [-0.25, -0.2) is 0 Å². The third-order valence-electron chi connectivity index (χ3n) is 12.9. The summed E-state index contributed by atoms with van der Waals surface area (Å²) in [5.41, 5.74) is 14.3. The van der Waals surface area contributed by atoms with Gasteiger partial charge in [0.15, 0.2) is 0 Å². The van der Waals surface area contributed by atoms with Gasteiger partial charge >= 0.3 is 0 Å². The summed E-state index contributed by atoms with van der Waals surface area (Å²) in [5, 5.41) is 20.1. The smallest absolute Gasteiger partial charge is 0.0992 e. The number of benzene rings is 9. The molecule has 0 amide bonds. The molecule has 0 bridgehead atoms. The van der Waals surface area contributed by atoms with Crippen molar-refractivity contribution in [3.05, 3.63) is 205 Å². The Morgan fingerprint density at radius 2 is 0.841 bits per heavy atom. The summed E-state index contributed by atoms with van der Waals surface area (Å²) in [6.07, 6.45) is 1.92. The lowest BCUT2D eigenvalue weighted by molar-refractivity contribution is 1.09. The number of aliphatic imine (C=N–C) groups is 1. The van der Waals surface area contributed by atoms with Crippen LogP contribution in [0, 0.1) is 11.3 Å². The Balaban J connectivity index is 1.27. The summed E-state index contributed by atoms with van der Waals surface area (Å²) < 4.78 is 9.63. The van der Waals surface area contributed by atoms with Crippen LogP contribution in [0.4, 0.5) is 0 Å². The van der Waals surface area contributed by atoms with E-state index in [-0.39, 0.29) is 0 Å². The van der Waals surface area contributed by atoms with E-state index in [0.717, 1.165) is 110 Å². The molecule has 4 aromatic heterocycles. The zero-order valence-corrected chi connectivity index (χ0v) is 34.2. The molecule has 0 aliphatic rings. The number of rotatable bonds is 5. The fourth-order valence-electron chi connectivity index (χ4n) is 10.6. The molecule has 0 aliphatic heterocycles. The largest absolute Gasteiger partial charge is 0.309 e.